The standard InChI is InChI=1S/C19H23BrN7O5P/c1-10(18(28)29)26-33(30,32-14-4-2-12(20)3-5-14)31-8-11-6-13(7-11)27-9-23-15-16(21)24-19(22)25-17(15)27/h2-5,9-11,13H,6-8H2,1H3,(H,26,30)(H,28,29)(H4,21,22,24,25)/t10?,11-,13+,33?. The van der Waals surface area contributed by atoms with Crippen molar-refractivity contribution in [3.8, 4) is 5.75 Å². The zero-order valence-corrected chi connectivity index (χ0v) is 20.1. The van der Waals surface area contributed by atoms with E-state index in [9.17, 15) is 14.5 Å². The van der Waals surface area contributed by atoms with Gasteiger partial charge in [-0.15, -0.1) is 0 Å². The predicted octanol–water partition coefficient (Wildman–Crippen LogP) is 2.97. The highest BCUT2D eigenvalue weighted by atomic mass is 79.9. The second kappa shape index (κ2) is 9.26. The number of imidazole rings is 1. The van der Waals surface area contributed by atoms with Crippen molar-refractivity contribution in [1.29, 1.82) is 0 Å². The van der Waals surface area contributed by atoms with Crippen LogP contribution in [-0.4, -0.2) is 43.2 Å². The first-order valence-electron chi connectivity index (χ1n) is 10.1. The average molecular weight is 540 g/mol. The van der Waals surface area contributed by atoms with Crippen molar-refractivity contribution in [1.82, 2.24) is 24.6 Å². The number of nitrogens with two attached hydrogens (primary N) is 2. The SMILES string of the molecule is CC(NP(=O)(OC[C@H]1C[C@@H](n2cnc3c(N)nc(N)nc32)C1)Oc1ccc(Br)cc1)C(=O)O. The van der Waals surface area contributed by atoms with Crippen LogP contribution in [0, 0.1) is 5.92 Å². The molecule has 3 aromatic rings. The van der Waals surface area contributed by atoms with Crippen LogP contribution in [0.1, 0.15) is 25.8 Å². The van der Waals surface area contributed by atoms with Crippen LogP contribution in [0.25, 0.3) is 11.2 Å². The highest BCUT2D eigenvalue weighted by molar-refractivity contribution is 9.10. The number of fused-ring (bicyclic) bond motifs is 1. The van der Waals surface area contributed by atoms with Crippen LogP contribution in [0.4, 0.5) is 11.8 Å². The fourth-order valence-corrected chi connectivity index (χ4v) is 5.34. The predicted molar refractivity (Wildman–Crippen MR) is 124 cm³/mol. The van der Waals surface area contributed by atoms with Crippen LogP contribution < -0.4 is 21.1 Å². The van der Waals surface area contributed by atoms with Gasteiger partial charge in [0.1, 0.15) is 17.3 Å². The topological polar surface area (TPSA) is 180 Å². The number of halogens is 1. The Morgan fingerprint density at radius 2 is 2.03 bits per heavy atom. The number of rotatable bonds is 9. The Balaban J connectivity index is 1.41. The van der Waals surface area contributed by atoms with Gasteiger partial charge in [0.2, 0.25) is 5.95 Å². The second-order valence-electron chi connectivity index (χ2n) is 7.81. The van der Waals surface area contributed by atoms with Gasteiger partial charge in [0.25, 0.3) is 0 Å². The Kier molecular flexibility index (Phi) is 6.57. The van der Waals surface area contributed by atoms with E-state index >= 15 is 0 Å². The van der Waals surface area contributed by atoms with Gasteiger partial charge in [0.05, 0.1) is 12.9 Å². The van der Waals surface area contributed by atoms with Crippen molar-refractivity contribution < 1.29 is 23.5 Å². The molecule has 1 fully saturated rings. The third kappa shape index (κ3) is 5.27. The maximum Gasteiger partial charge on any atom is 0.459 e. The number of aliphatic carboxylic acids is 1. The molecule has 0 amide bonds. The number of nitrogens with one attached hydrogen (secondary N) is 1. The third-order valence-electron chi connectivity index (χ3n) is 5.31. The molecular formula is C19H23BrN7O5P. The largest absolute Gasteiger partial charge is 0.480 e. The van der Waals surface area contributed by atoms with Crippen molar-refractivity contribution in [2.75, 3.05) is 18.1 Å². The van der Waals surface area contributed by atoms with E-state index in [-0.39, 0.29) is 36.1 Å². The molecule has 0 spiro atoms. The third-order valence-corrected chi connectivity index (χ3v) is 7.48. The summed E-state index contributed by atoms with van der Waals surface area (Å²) in [6, 6.07) is 5.61. The van der Waals surface area contributed by atoms with Gasteiger partial charge in [0, 0.05) is 10.5 Å². The van der Waals surface area contributed by atoms with E-state index in [1.54, 1.807) is 30.6 Å². The van der Waals surface area contributed by atoms with Crippen LogP contribution >= 0.6 is 23.7 Å². The van der Waals surface area contributed by atoms with Gasteiger partial charge in [-0.1, -0.05) is 15.9 Å². The Morgan fingerprint density at radius 3 is 2.70 bits per heavy atom. The molecule has 0 aliphatic heterocycles. The lowest BCUT2D eigenvalue weighted by Gasteiger charge is -2.36. The number of nitrogen functional groups attached to an aromatic ring is 2. The highest BCUT2D eigenvalue weighted by Crippen LogP contribution is 2.48. The number of benzene rings is 1. The molecule has 1 saturated carbocycles. The molecular weight excluding hydrogens is 517 g/mol. The molecule has 1 aromatic carbocycles. The van der Waals surface area contributed by atoms with E-state index in [4.69, 9.17) is 20.5 Å². The molecule has 2 heterocycles. The van der Waals surface area contributed by atoms with Crippen molar-refractivity contribution >= 4 is 52.6 Å². The van der Waals surface area contributed by atoms with Crippen molar-refractivity contribution in [3.63, 3.8) is 0 Å². The average Bonchev–Trinajstić information content (AvgIpc) is 3.12. The lowest BCUT2D eigenvalue weighted by atomic mass is 9.81. The summed E-state index contributed by atoms with van der Waals surface area (Å²) in [6.45, 7) is 1.49. The first-order valence-corrected chi connectivity index (χ1v) is 12.4. The van der Waals surface area contributed by atoms with Crippen LogP contribution in [0.15, 0.2) is 35.1 Å². The van der Waals surface area contributed by atoms with E-state index in [0.717, 1.165) is 4.47 Å². The molecule has 2 unspecified atom stereocenters. The number of carboxylic acids is 1. The molecule has 1 aliphatic carbocycles. The molecule has 2 aromatic heterocycles. The van der Waals surface area contributed by atoms with Crippen LogP contribution in [0.5, 0.6) is 5.75 Å². The van der Waals surface area contributed by atoms with E-state index in [0.29, 0.717) is 24.0 Å². The van der Waals surface area contributed by atoms with Crippen LogP contribution in [0.2, 0.25) is 0 Å². The molecule has 14 heteroatoms. The minimum Gasteiger partial charge on any atom is -0.480 e. The molecule has 12 nitrogen and oxygen atoms in total. The molecule has 2 atom stereocenters. The molecule has 6 N–H and O–H groups in total. The number of aromatic nitrogens is 4. The summed E-state index contributed by atoms with van der Waals surface area (Å²) in [4.78, 5) is 23.7. The number of hydrogen-bond donors (Lipinski definition) is 4. The zero-order valence-electron chi connectivity index (χ0n) is 17.6. The summed E-state index contributed by atoms with van der Waals surface area (Å²) in [6.07, 6.45) is 3.07. The Hall–Kier alpha value is -2.73. The summed E-state index contributed by atoms with van der Waals surface area (Å²) in [5, 5.41) is 11.7. The molecule has 0 bridgehead atoms. The lowest BCUT2D eigenvalue weighted by molar-refractivity contribution is -0.138. The Bertz CT molecular complexity index is 1220. The minimum atomic E-state index is -3.95. The van der Waals surface area contributed by atoms with Crippen LogP contribution in [0.3, 0.4) is 0 Å². The summed E-state index contributed by atoms with van der Waals surface area (Å²) < 4.78 is 27.2. The summed E-state index contributed by atoms with van der Waals surface area (Å²) in [5.41, 5.74) is 12.6. The fraction of sp³-hybridized carbons (Fsp3) is 0.368. The second-order valence-corrected chi connectivity index (χ2v) is 10.4. The van der Waals surface area contributed by atoms with Gasteiger partial charge in [-0.2, -0.15) is 15.1 Å². The fourth-order valence-electron chi connectivity index (χ4n) is 3.51. The Morgan fingerprint density at radius 1 is 1.33 bits per heavy atom. The molecule has 1 aliphatic rings. The number of nitrogens with zero attached hydrogens (tertiary/aromatic N) is 4. The van der Waals surface area contributed by atoms with Gasteiger partial charge in [-0.3, -0.25) is 9.32 Å². The molecule has 176 valence electrons. The van der Waals surface area contributed by atoms with E-state index in [1.807, 2.05) is 4.57 Å². The highest BCUT2D eigenvalue weighted by Gasteiger charge is 2.37. The normalized spacial score (nSPS) is 20.7. The lowest BCUT2D eigenvalue weighted by Crippen LogP contribution is -2.35. The maximum atomic E-state index is 13.3. The molecule has 33 heavy (non-hydrogen) atoms. The van der Waals surface area contributed by atoms with Gasteiger partial charge in [-0.05, 0) is 49.9 Å². The first kappa shape index (κ1) is 23.4. The number of carboxylic acid groups (broad SMARTS) is 1. The van der Waals surface area contributed by atoms with Gasteiger partial charge < -0.3 is 25.7 Å². The van der Waals surface area contributed by atoms with Crippen LogP contribution in [-0.2, 0) is 13.9 Å². The van der Waals surface area contributed by atoms with Gasteiger partial charge >= 0.3 is 13.7 Å². The quantitative estimate of drug-likeness (QED) is 0.293. The summed E-state index contributed by atoms with van der Waals surface area (Å²) in [7, 11) is -3.95. The minimum absolute atomic E-state index is 0.0746. The van der Waals surface area contributed by atoms with E-state index in [1.165, 1.54) is 6.92 Å². The van der Waals surface area contributed by atoms with Crippen molar-refractivity contribution in [2.45, 2.75) is 31.8 Å². The summed E-state index contributed by atoms with van der Waals surface area (Å²) in [5.74, 6) is -0.509. The van der Waals surface area contributed by atoms with E-state index < -0.39 is 19.8 Å². The number of hydrogen-bond acceptors (Lipinski definition) is 9. The van der Waals surface area contributed by atoms with Crippen molar-refractivity contribution in [3.05, 3.63) is 35.1 Å². The van der Waals surface area contributed by atoms with Crippen molar-refractivity contribution in [2.24, 2.45) is 5.92 Å². The molecule has 0 saturated heterocycles. The number of anilines is 2. The first-order chi connectivity index (χ1) is 15.6. The molecule has 0 radical (unpaired) electrons. The zero-order chi connectivity index (χ0) is 23.8. The Labute approximate surface area is 197 Å². The smallest absolute Gasteiger partial charge is 0.459 e. The van der Waals surface area contributed by atoms with Gasteiger partial charge in [0.15, 0.2) is 11.5 Å². The molecule has 4 rings (SSSR count). The summed E-state index contributed by atoms with van der Waals surface area (Å²) >= 11 is 3.32. The number of carbonyl (C=O) groups is 1. The maximum absolute atomic E-state index is 13.3. The monoisotopic (exact) mass is 539 g/mol. The van der Waals surface area contributed by atoms with Gasteiger partial charge in [-0.25, -0.2) is 9.55 Å². The van der Waals surface area contributed by atoms with E-state index in [2.05, 4.69) is 36.0 Å².